The van der Waals surface area contributed by atoms with E-state index in [0.717, 1.165) is 25.9 Å². The van der Waals surface area contributed by atoms with E-state index >= 15 is 0 Å². The molecule has 1 aliphatic rings. The molecule has 1 saturated heterocycles. The molecule has 1 heterocycles. The summed E-state index contributed by atoms with van der Waals surface area (Å²) in [7, 11) is 0. The summed E-state index contributed by atoms with van der Waals surface area (Å²) in [5.74, 6) is 0.238. The molecule has 94 valence electrons. The highest BCUT2D eigenvalue weighted by atomic mass is 35.5. The molecule has 17 heavy (non-hydrogen) atoms. The first kappa shape index (κ1) is 12.8. The second kappa shape index (κ2) is 5.80. The number of nitrogens with zero attached hydrogens (tertiary/aromatic N) is 1. The maximum atomic E-state index is 13.7. The highest BCUT2D eigenvalue weighted by Gasteiger charge is 2.22. The van der Waals surface area contributed by atoms with Gasteiger partial charge in [-0.1, -0.05) is 23.7 Å². The molecule has 1 N–H and O–H groups in total. The van der Waals surface area contributed by atoms with E-state index in [1.807, 2.05) is 0 Å². The van der Waals surface area contributed by atoms with Crippen LogP contribution in [0.4, 0.5) is 4.39 Å². The minimum atomic E-state index is -0.306. The third-order valence-electron chi connectivity index (χ3n) is 3.33. The van der Waals surface area contributed by atoms with Crippen LogP contribution in [0.3, 0.4) is 0 Å². The summed E-state index contributed by atoms with van der Waals surface area (Å²) in [6.45, 7) is 2.75. The largest absolute Gasteiger partial charge is 0.396 e. The van der Waals surface area contributed by atoms with Gasteiger partial charge in [0.25, 0.3) is 0 Å². The molecule has 0 aliphatic carbocycles. The monoisotopic (exact) mass is 257 g/mol. The van der Waals surface area contributed by atoms with Crippen LogP contribution in [0.2, 0.25) is 5.02 Å². The third kappa shape index (κ3) is 3.18. The number of halogens is 2. The van der Waals surface area contributed by atoms with Gasteiger partial charge >= 0.3 is 0 Å². The summed E-state index contributed by atoms with van der Waals surface area (Å²) < 4.78 is 13.7. The van der Waals surface area contributed by atoms with E-state index in [2.05, 4.69) is 4.90 Å². The molecule has 2 nitrogen and oxygen atoms in total. The Labute approximate surface area is 106 Å². The van der Waals surface area contributed by atoms with E-state index in [4.69, 9.17) is 16.7 Å². The van der Waals surface area contributed by atoms with E-state index in [1.54, 1.807) is 18.2 Å². The first-order valence-electron chi connectivity index (χ1n) is 5.97. The fourth-order valence-corrected chi connectivity index (χ4v) is 2.58. The summed E-state index contributed by atoms with van der Waals surface area (Å²) in [5.41, 5.74) is 0.655. The van der Waals surface area contributed by atoms with Crippen LogP contribution < -0.4 is 0 Å². The van der Waals surface area contributed by atoms with E-state index < -0.39 is 0 Å². The Morgan fingerprint density at radius 2 is 2.29 bits per heavy atom. The molecule has 0 bridgehead atoms. The highest BCUT2D eigenvalue weighted by Crippen LogP contribution is 2.24. The van der Waals surface area contributed by atoms with Crippen LogP contribution in [0.25, 0.3) is 0 Å². The molecule has 0 aromatic heterocycles. The van der Waals surface area contributed by atoms with Crippen LogP contribution in [0, 0.1) is 11.7 Å². The van der Waals surface area contributed by atoms with Gasteiger partial charge in [0, 0.05) is 25.3 Å². The lowest BCUT2D eigenvalue weighted by Crippen LogP contribution is -2.21. The van der Waals surface area contributed by atoms with E-state index in [0.29, 0.717) is 18.0 Å². The molecule has 2 rings (SSSR count). The lowest BCUT2D eigenvalue weighted by molar-refractivity contribution is 0.248. The zero-order valence-electron chi connectivity index (χ0n) is 9.70. The molecule has 1 aromatic carbocycles. The Hall–Kier alpha value is -0.640. The predicted octanol–water partition coefficient (Wildman–Crippen LogP) is 2.68. The van der Waals surface area contributed by atoms with Crippen LogP contribution >= 0.6 is 11.6 Å². The van der Waals surface area contributed by atoms with Crippen molar-refractivity contribution in [2.75, 3.05) is 19.7 Å². The quantitative estimate of drug-likeness (QED) is 0.897. The van der Waals surface area contributed by atoms with E-state index in [-0.39, 0.29) is 17.4 Å². The van der Waals surface area contributed by atoms with Gasteiger partial charge in [-0.15, -0.1) is 0 Å². The van der Waals surface area contributed by atoms with Gasteiger partial charge < -0.3 is 5.11 Å². The van der Waals surface area contributed by atoms with Crippen molar-refractivity contribution >= 4 is 11.6 Å². The topological polar surface area (TPSA) is 23.5 Å². The number of aliphatic hydroxyl groups excluding tert-OH is 1. The second-order valence-corrected chi connectivity index (χ2v) is 5.02. The molecule has 4 heteroatoms. The number of hydrogen-bond donors (Lipinski definition) is 1. The van der Waals surface area contributed by atoms with Crippen molar-refractivity contribution in [3.8, 4) is 0 Å². The summed E-state index contributed by atoms with van der Waals surface area (Å²) >= 11 is 5.75. The Morgan fingerprint density at radius 3 is 3.06 bits per heavy atom. The van der Waals surface area contributed by atoms with Gasteiger partial charge in [0.15, 0.2) is 0 Å². The van der Waals surface area contributed by atoms with Gasteiger partial charge in [-0.25, -0.2) is 4.39 Å². The van der Waals surface area contributed by atoms with Gasteiger partial charge in [0.2, 0.25) is 0 Å². The third-order valence-corrected chi connectivity index (χ3v) is 3.62. The van der Waals surface area contributed by atoms with Gasteiger partial charge in [-0.3, -0.25) is 4.90 Å². The molecule has 0 spiro atoms. The summed E-state index contributed by atoms with van der Waals surface area (Å²) in [6, 6.07) is 5.13. The predicted molar refractivity (Wildman–Crippen MR) is 66.5 cm³/mol. The number of aliphatic hydroxyl groups is 1. The van der Waals surface area contributed by atoms with Crippen molar-refractivity contribution in [3.63, 3.8) is 0 Å². The van der Waals surface area contributed by atoms with Gasteiger partial charge in [0.1, 0.15) is 5.82 Å². The van der Waals surface area contributed by atoms with Crippen molar-refractivity contribution in [2.45, 2.75) is 19.4 Å². The average molecular weight is 258 g/mol. The van der Waals surface area contributed by atoms with E-state index in [9.17, 15) is 4.39 Å². The van der Waals surface area contributed by atoms with Crippen LogP contribution in [0.15, 0.2) is 18.2 Å². The standard InChI is InChI=1S/C13H17ClFNO/c14-12-3-1-2-11(13(12)15)9-16-6-4-10(8-16)5-7-17/h1-3,10,17H,4-9H2. The average Bonchev–Trinajstić information content (AvgIpc) is 2.73. The first-order chi connectivity index (χ1) is 8.20. The molecule has 1 atom stereocenters. The summed E-state index contributed by atoms with van der Waals surface area (Å²) in [5, 5.41) is 9.08. The first-order valence-corrected chi connectivity index (χ1v) is 6.34. The lowest BCUT2D eigenvalue weighted by Gasteiger charge is -2.16. The van der Waals surface area contributed by atoms with Crippen LogP contribution in [-0.2, 0) is 6.54 Å². The van der Waals surface area contributed by atoms with Crippen LogP contribution in [-0.4, -0.2) is 29.7 Å². The normalized spacial score (nSPS) is 21.0. The maximum Gasteiger partial charge on any atom is 0.146 e. The molecule has 1 fully saturated rings. The Morgan fingerprint density at radius 1 is 1.47 bits per heavy atom. The molecule has 0 amide bonds. The van der Waals surface area contributed by atoms with Crippen molar-refractivity contribution in [3.05, 3.63) is 34.6 Å². The molecule has 0 radical (unpaired) electrons. The molecule has 1 unspecified atom stereocenters. The van der Waals surface area contributed by atoms with Crippen molar-refractivity contribution in [1.29, 1.82) is 0 Å². The Kier molecular flexibility index (Phi) is 4.37. The van der Waals surface area contributed by atoms with Gasteiger partial charge in [-0.2, -0.15) is 0 Å². The molecular formula is C13H17ClFNO. The van der Waals surface area contributed by atoms with Crippen molar-refractivity contribution in [2.24, 2.45) is 5.92 Å². The van der Waals surface area contributed by atoms with Gasteiger partial charge in [0.05, 0.1) is 5.02 Å². The van der Waals surface area contributed by atoms with Crippen LogP contribution in [0.1, 0.15) is 18.4 Å². The van der Waals surface area contributed by atoms with E-state index in [1.165, 1.54) is 0 Å². The fraction of sp³-hybridized carbons (Fsp3) is 0.538. The summed E-state index contributed by atoms with van der Waals surface area (Å²) in [6.07, 6.45) is 1.93. The Balaban J connectivity index is 1.96. The molecule has 0 saturated carbocycles. The maximum absolute atomic E-state index is 13.7. The fourth-order valence-electron chi connectivity index (χ4n) is 2.39. The zero-order chi connectivity index (χ0) is 12.3. The van der Waals surface area contributed by atoms with Gasteiger partial charge in [-0.05, 0) is 31.4 Å². The molecule has 1 aromatic rings. The second-order valence-electron chi connectivity index (χ2n) is 4.62. The number of benzene rings is 1. The minimum absolute atomic E-state index is 0.189. The molecular weight excluding hydrogens is 241 g/mol. The van der Waals surface area contributed by atoms with Crippen molar-refractivity contribution in [1.82, 2.24) is 4.90 Å². The Bertz CT molecular complexity index is 386. The lowest BCUT2D eigenvalue weighted by atomic mass is 10.1. The molecule has 1 aliphatic heterocycles. The summed E-state index contributed by atoms with van der Waals surface area (Å²) in [4.78, 5) is 2.22. The number of likely N-dealkylation sites (tertiary alicyclic amines) is 1. The van der Waals surface area contributed by atoms with Crippen molar-refractivity contribution < 1.29 is 9.50 Å². The zero-order valence-corrected chi connectivity index (χ0v) is 10.5. The SMILES string of the molecule is OCCC1CCN(Cc2cccc(Cl)c2F)C1. The highest BCUT2D eigenvalue weighted by molar-refractivity contribution is 6.30. The minimum Gasteiger partial charge on any atom is -0.396 e. The van der Waals surface area contributed by atoms with Crippen LogP contribution in [0.5, 0.6) is 0 Å². The number of rotatable bonds is 4. The number of hydrogen-bond acceptors (Lipinski definition) is 2. The smallest absolute Gasteiger partial charge is 0.146 e.